The van der Waals surface area contributed by atoms with E-state index in [0.29, 0.717) is 0 Å². The van der Waals surface area contributed by atoms with Crippen LogP contribution in [0.15, 0.2) is 12.4 Å². The summed E-state index contributed by atoms with van der Waals surface area (Å²) in [6.45, 7) is 6.98. The van der Waals surface area contributed by atoms with E-state index in [2.05, 4.69) is 21.8 Å². The van der Waals surface area contributed by atoms with Crippen molar-refractivity contribution in [2.45, 2.75) is 32.7 Å². The Hall–Kier alpha value is -1.69. The van der Waals surface area contributed by atoms with E-state index >= 15 is 0 Å². The second-order valence-corrected chi connectivity index (χ2v) is 5.15. The van der Waals surface area contributed by atoms with E-state index in [1.807, 2.05) is 11.0 Å². The van der Waals surface area contributed by atoms with Gasteiger partial charge in [0.1, 0.15) is 18.2 Å². The fourth-order valence-electron chi connectivity index (χ4n) is 2.45. The van der Waals surface area contributed by atoms with E-state index in [-0.39, 0.29) is 0 Å². The van der Waals surface area contributed by atoms with E-state index in [4.69, 9.17) is 5.11 Å². The SMILES string of the molecule is CCCc1cc(N2CCN(C(C)C(=O)O)CC2)ncn1. The number of hydrogen-bond donors (Lipinski definition) is 1. The van der Waals surface area contributed by atoms with Crippen molar-refractivity contribution in [3.05, 3.63) is 18.1 Å². The van der Waals surface area contributed by atoms with E-state index in [1.165, 1.54) is 0 Å². The van der Waals surface area contributed by atoms with Crippen LogP contribution in [0.3, 0.4) is 0 Å². The molecule has 1 aliphatic rings. The number of hydrogen-bond acceptors (Lipinski definition) is 5. The highest BCUT2D eigenvalue weighted by molar-refractivity contribution is 5.72. The minimum Gasteiger partial charge on any atom is -0.480 e. The monoisotopic (exact) mass is 278 g/mol. The molecule has 0 amide bonds. The fourth-order valence-corrected chi connectivity index (χ4v) is 2.45. The third-order valence-corrected chi connectivity index (χ3v) is 3.76. The number of anilines is 1. The molecule has 1 N–H and O–H groups in total. The highest BCUT2D eigenvalue weighted by atomic mass is 16.4. The van der Waals surface area contributed by atoms with Crippen molar-refractivity contribution in [3.8, 4) is 0 Å². The molecule has 2 heterocycles. The van der Waals surface area contributed by atoms with Crippen LogP contribution in [-0.2, 0) is 11.2 Å². The fraction of sp³-hybridized carbons (Fsp3) is 0.643. The molecule has 110 valence electrons. The first-order valence-electron chi connectivity index (χ1n) is 7.14. The maximum atomic E-state index is 11.0. The molecule has 1 aromatic heterocycles. The summed E-state index contributed by atoms with van der Waals surface area (Å²) >= 11 is 0. The minimum atomic E-state index is -0.759. The Morgan fingerprint density at radius 1 is 1.35 bits per heavy atom. The van der Waals surface area contributed by atoms with Crippen LogP contribution >= 0.6 is 0 Å². The van der Waals surface area contributed by atoms with Crippen LogP contribution in [0, 0.1) is 0 Å². The number of carbonyl (C=O) groups is 1. The number of aryl methyl sites for hydroxylation is 1. The Morgan fingerprint density at radius 3 is 2.65 bits per heavy atom. The smallest absolute Gasteiger partial charge is 0.320 e. The van der Waals surface area contributed by atoms with Gasteiger partial charge in [0.05, 0.1) is 0 Å². The van der Waals surface area contributed by atoms with Gasteiger partial charge in [0.25, 0.3) is 0 Å². The number of piperazine rings is 1. The van der Waals surface area contributed by atoms with Crippen molar-refractivity contribution in [1.29, 1.82) is 0 Å². The Balaban J connectivity index is 1.96. The Bertz CT molecular complexity index is 458. The van der Waals surface area contributed by atoms with Crippen LogP contribution in [0.5, 0.6) is 0 Å². The molecule has 1 fully saturated rings. The lowest BCUT2D eigenvalue weighted by Gasteiger charge is -2.37. The first-order valence-corrected chi connectivity index (χ1v) is 7.14. The van der Waals surface area contributed by atoms with Gasteiger partial charge in [-0.15, -0.1) is 0 Å². The molecule has 2 rings (SSSR count). The molecule has 1 unspecified atom stereocenters. The molecular weight excluding hydrogens is 256 g/mol. The summed E-state index contributed by atoms with van der Waals surface area (Å²) in [6, 6.07) is 1.62. The lowest BCUT2D eigenvalue weighted by atomic mass is 10.2. The van der Waals surface area contributed by atoms with Gasteiger partial charge in [0.15, 0.2) is 0 Å². The van der Waals surface area contributed by atoms with Crippen LogP contribution in [-0.4, -0.2) is 58.2 Å². The number of carboxylic acids is 1. The van der Waals surface area contributed by atoms with Gasteiger partial charge in [-0.25, -0.2) is 9.97 Å². The van der Waals surface area contributed by atoms with Gasteiger partial charge in [0, 0.05) is 37.9 Å². The molecule has 0 aromatic carbocycles. The maximum Gasteiger partial charge on any atom is 0.320 e. The number of rotatable bonds is 5. The van der Waals surface area contributed by atoms with Crippen molar-refractivity contribution >= 4 is 11.8 Å². The lowest BCUT2D eigenvalue weighted by Crippen LogP contribution is -2.52. The molecule has 20 heavy (non-hydrogen) atoms. The third kappa shape index (κ3) is 3.45. The summed E-state index contributed by atoms with van der Waals surface area (Å²) in [5, 5.41) is 9.04. The number of carboxylic acid groups (broad SMARTS) is 1. The van der Waals surface area contributed by atoms with Crippen LogP contribution < -0.4 is 4.90 Å². The van der Waals surface area contributed by atoms with Crippen molar-refractivity contribution in [2.75, 3.05) is 31.1 Å². The van der Waals surface area contributed by atoms with Crippen LogP contribution in [0.4, 0.5) is 5.82 Å². The lowest BCUT2D eigenvalue weighted by molar-refractivity contribution is -0.142. The molecule has 0 saturated carbocycles. The molecule has 1 aromatic rings. The largest absolute Gasteiger partial charge is 0.480 e. The summed E-state index contributed by atoms with van der Waals surface area (Å²) in [7, 11) is 0. The van der Waals surface area contributed by atoms with Gasteiger partial charge in [-0.05, 0) is 13.3 Å². The van der Waals surface area contributed by atoms with Crippen LogP contribution in [0.1, 0.15) is 26.0 Å². The Morgan fingerprint density at radius 2 is 2.05 bits per heavy atom. The number of aromatic nitrogens is 2. The molecule has 1 aliphatic heterocycles. The zero-order valence-electron chi connectivity index (χ0n) is 12.1. The van der Waals surface area contributed by atoms with Gasteiger partial charge in [-0.1, -0.05) is 13.3 Å². The second-order valence-electron chi connectivity index (χ2n) is 5.15. The molecule has 0 spiro atoms. The van der Waals surface area contributed by atoms with Crippen LogP contribution in [0.2, 0.25) is 0 Å². The first kappa shape index (κ1) is 14.7. The molecule has 6 heteroatoms. The zero-order valence-corrected chi connectivity index (χ0v) is 12.1. The molecule has 6 nitrogen and oxygen atoms in total. The van der Waals surface area contributed by atoms with E-state index in [0.717, 1.165) is 50.5 Å². The normalized spacial score (nSPS) is 18.0. The minimum absolute atomic E-state index is 0.418. The molecule has 1 saturated heterocycles. The summed E-state index contributed by atoms with van der Waals surface area (Å²) in [6.07, 6.45) is 3.65. The molecule has 1 atom stereocenters. The second kappa shape index (κ2) is 6.65. The molecule has 0 aliphatic carbocycles. The highest BCUT2D eigenvalue weighted by Gasteiger charge is 2.25. The maximum absolute atomic E-state index is 11.0. The van der Waals surface area contributed by atoms with Crippen molar-refractivity contribution in [2.24, 2.45) is 0 Å². The van der Waals surface area contributed by atoms with E-state index in [9.17, 15) is 4.79 Å². The number of aliphatic carboxylic acids is 1. The van der Waals surface area contributed by atoms with Crippen molar-refractivity contribution < 1.29 is 9.90 Å². The van der Waals surface area contributed by atoms with Gasteiger partial charge in [-0.3, -0.25) is 9.69 Å². The quantitative estimate of drug-likeness (QED) is 0.867. The molecular formula is C14H22N4O2. The van der Waals surface area contributed by atoms with Gasteiger partial charge < -0.3 is 10.0 Å². The van der Waals surface area contributed by atoms with Gasteiger partial charge in [0.2, 0.25) is 0 Å². The molecule has 0 radical (unpaired) electrons. The predicted octanol–water partition coefficient (Wildman–Crippen LogP) is 1.02. The topological polar surface area (TPSA) is 69.6 Å². The van der Waals surface area contributed by atoms with Gasteiger partial charge >= 0.3 is 5.97 Å². The zero-order chi connectivity index (χ0) is 14.5. The van der Waals surface area contributed by atoms with Crippen molar-refractivity contribution in [1.82, 2.24) is 14.9 Å². The average Bonchev–Trinajstić information content (AvgIpc) is 2.47. The predicted molar refractivity (Wildman–Crippen MR) is 76.9 cm³/mol. The van der Waals surface area contributed by atoms with E-state index < -0.39 is 12.0 Å². The Labute approximate surface area is 119 Å². The summed E-state index contributed by atoms with van der Waals surface area (Å²) in [5.74, 6) is 0.191. The van der Waals surface area contributed by atoms with E-state index in [1.54, 1.807) is 13.3 Å². The summed E-state index contributed by atoms with van der Waals surface area (Å²) < 4.78 is 0. The third-order valence-electron chi connectivity index (χ3n) is 3.76. The first-order chi connectivity index (χ1) is 9.61. The van der Waals surface area contributed by atoms with Gasteiger partial charge in [-0.2, -0.15) is 0 Å². The number of nitrogens with zero attached hydrogens (tertiary/aromatic N) is 4. The standard InChI is InChI=1S/C14H22N4O2/c1-3-4-12-9-13(16-10-15-12)18-7-5-17(6-8-18)11(2)14(19)20/h9-11H,3-8H2,1-2H3,(H,19,20). The van der Waals surface area contributed by atoms with Crippen molar-refractivity contribution in [3.63, 3.8) is 0 Å². The highest BCUT2D eigenvalue weighted by Crippen LogP contribution is 2.15. The average molecular weight is 278 g/mol. The summed E-state index contributed by atoms with van der Waals surface area (Å²) in [5.41, 5.74) is 1.07. The summed E-state index contributed by atoms with van der Waals surface area (Å²) in [4.78, 5) is 23.8. The van der Waals surface area contributed by atoms with Crippen LogP contribution in [0.25, 0.3) is 0 Å². The Kier molecular flexibility index (Phi) is 4.89. The molecule has 0 bridgehead atoms.